The Bertz CT molecular complexity index is 149. The molecule has 0 aliphatic rings. The molecule has 78 valence electrons. The van der Waals surface area contributed by atoms with E-state index >= 15 is 0 Å². The zero-order valence-corrected chi connectivity index (χ0v) is 9.93. The van der Waals surface area contributed by atoms with Crippen LogP contribution in [0.3, 0.4) is 0 Å². The van der Waals surface area contributed by atoms with Gasteiger partial charge in [-0.25, -0.2) is 0 Å². The summed E-state index contributed by atoms with van der Waals surface area (Å²) in [5, 5.41) is 0. The maximum absolute atomic E-state index is 4.05. The number of allylic oxidation sites excluding steroid dienone is 1. The normalized spacial score (nSPS) is 13.1. The van der Waals surface area contributed by atoms with E-state index in [1.807, 2.05) is 0 Å². The Morgan fingerprint density at radius 2 is 1.85 bits per heavy atom. The minimum atomic E-state index is 0.578. The van der Waals surface area contributed by atoms with Crippen LogP contribution in [0.4, 0.5) is 0 Å². The van der Waals surface area contributed by atoms with E-state index in [0.29, 0.717) is 12.1 Å². The summed E-state index contributed by atoms with van der Waals surface area (Å²) in [5.41, 5.74) is 1.20. The molecule has 0 bridgehead atoms. The van der Waals surface area contributed by atoms with E-state index in [-0.39, 0.29) is 0 Å². The fourth-order valence-electron chi connectivity index (χ4n) is 2.05. The van der Waals surface area contributed by atoms with Crippen LogP contribution >= 0.6 is 0 Å². The van der Waals surface area contributed by atoms with Gasteiger partial charge in [0.2, 0.25) is 0 Å². The average Bonchev–Trinajstić information content (AvgIpc) is 2.02. The van der Waals surface area contributed by atoms with Crippen LogP contribution in [0, 0.1) is 0 Å². The highest BCUT2D eigenvalue weighted by Crippen LogP contribution is 2.18. The lowest BCUT2D eigenvalue weighted by molar-refractivity contribution is 0.190. The Hall–Kier alpha value is -0.460. The first-order valence-electron chi connectivity index (χ1n) is 5.48. The van der Waals surface area contributed by atoms with Crippen molar-refractivity contribution in [3.8, 4) is 0 Å². The Balaban J connectivity index is 4.39. The Morgan fingerprint density at radius 1 is 1.31 bits per heavy atom. The van der Waals surface area contributed by atoms with Gasteiger partial charge in [-0.3, -0.25) is 0 Å². The lowest BCUT2D eigenvalue weighted by Gasteiger charge is -2.37. The van der Waals surface area contributed by atoms with E-state index in [1.165, 1.54) is 25.0 Å². The van der Waals surface area contributed by atoms with E-state index in [9.17, 15) is 0 Å². The number of rotatable bonds is 6. The maximum Gasteiger partial charge on any atom is 0.0286 e. The highest BCUT2D eigenvalue weighted by Gasteiger charge is 2.17. The van der Waals surface area contributed by atoms with Gasteiger partial charge in [0.05, 0.1) is 0 Å². The van der Waals surface area contributed by atoms with E-state index < -0.39 is 0 Å². The fourth-order valence-corrected chi connectivity index (χ4v) is 2.05. The lowest BCUT2D eigenvalue weighted by atomic mass is 10.1. The molecule has 1 atom stereocenters. The smallest absolute Gasteiger partial charge is 0.0286 e. The summed E-state index contributed by atoms with van der Waals surface area (Å²) in [6.45, 7) is 15.2. The van der Waals surface area contributed by atoms with Crippen LogP contribution in [0.1, 0.15) is 53.9 Å². The quantitative estimate of drug-likeness (QED) is 0.605. The third-order valence-corrected chi connectivity index (χ3v) is 2.48. The zero-order chi connectivity index (χ0) is 10.4. The Morgan fingerprint density at radius 3 is 2.08 bits per heavy atom. The molecule has 1 nitrogen and oxygen atoms in total. The van der Waals surface area contributed by atoms with Crippen LogP contribution in [-0.2, 0) is 0 Å². The molecule has 0 rings (SSSR count). The SMILES string of the molecule is C=C(C)N(C(C)C)C(CC)CCC. The van der Waals surface area contributed by atoms with Crippen molar-refractivity contribution in [1.82, 2.24) is 4.90 Å². The lowest BCUT2D eigenvalue weighted by Crippen LogP contribution is -2.38. The van der Waals surface area contributed by atoms with E-state index in [4.69, 9.17) is 0 Å². The van der Waals surface area contributed by atoms with Crippen molar-refractivity contribution >= 4 is 0 Å². The molecule has 13 heavy (non-hydrogen) atoms. The van der Waals surface area contributed by atoms with Crippen molar-refractivity contribution in [2.45, 2.75) is 66.0 Å². The third kappa shape index (κ3) is 3.84. The first-order chi connectivity index (χ1) is 6.04. The molecule has 0 saturated carbocycles. The molecule has 0 aromatic rings. The van der Waals surface area contributed by atoms with Crippen molar-refractivity contribution in [2.75, 3.05) is 0 Å². The largest absolute Gasteiger partial charge is 0.370 e. The van der Waals surface area contributed by atoms with Crippen LogP contribution in [0.5, 0.6) is 0 Å². The van der Waals surface area contributed by atoms with Gasteiger partial charge in [-0.15, -0.1) is 0 Å². The summed E-state index contributed by atoms with van der Waals surface area (Å²) in [4.78, 5) is 2.45. The maximum atomic E-state index is 4.05. The number of hydrogen-bond donors (Lipinski definition) is 0. The van der Waals surface area contributed by atoms with Crippen molar-refractivity contribution in [2.24, 2.45) is 0 Å². The molecule has 0 aromatic heterocycles. The number of hydrogen-bond acceptors (Lipinski definition) is 1. The summed E-state index contributed by atoms with van der Waals surface area (Å²) in [5.74, 6) is 0. The second kappa shape index (κ2) is 6.06. The molecular formula is C12H25N. The zero-order valence-electron chi connectivity index (χ0n) is 9.93. The monoisotopic (exact) mass is 183 g/mol. The van der Waals surface area contributed by atoms with Crippen LogP contribution in [0.15, 0.2) is 12.3 Å². The standard InChI is InChI=1S/C12H25N/c1-7-9-12(8-2)13(10(3)4)11(5)6/h11-12H,3,7-9H2,1-2,4-6H3. The summed E-state index contributed by atoms with van der Waals surface area (Å²) >= 11 is 0. The van der Waals surface area contributed by atoms with Gasteiger partial charge in [-0.05, 0) is 33.6 Å². The van der Waals surface area contributed by atoms with Crippen molar-refractivity contribution < 1.29 is 0 Å². The van der Waals surface area contributed by atoms with Gasteiger partial charge in [0.15, 0.2) is 0 Å². The van der Waals surface area contributed by atoms with Gasteiger partial charge in [0.25, 0.3) is 0 Å². The van der Waals surface area contributed by atoms with Crippen molar-refractivity contribution in [3.63, 3.8) is 0 Å². The topological polar surface area (TPSA) is 3.24 Å². The van der Waals surface area contributed by atoms with E-state index in [2.05, 4.69) is 46.1 Å². The highest BCUT2D eigenvalue weighted by molar-refractivity contribution is 4.94. The molecule has 0 spiro atoms. The van der Waals surface area contributed by atoms with Gasteiger partial charge < -0.3 is 4.90 Å². The minimum absolute atomic E-state index is 0.578. The highest BCUT2D eigenvalue weighted by atomic mass is 15.2. The molecule has 1 heteroatoms. The van der Waals surface area contributed by atoms with E-state index in [1.54, 1.807) is 0 Å². The summed E-state index contributed by atoms with van der Waals surface area (Å²) < 4.78 is 0. The predicted octanol–water partition coefficient (Wildman–Crippen LogP) is 3.81. The molecule has 0 aliphatic carbocycles. The molecular weight excluding hydrogens is 158 g/mol. The first-order valence-corrected chi connectivity index (χ1v) is 5.48. The van der Waals surface area contributed by atoms with Crippen LogP contribution in [0.2, 0.25) is 0 Å². The molecule has 0 radical (unpaired) electrons. The predicted molar refractivity (Wildman–Crippen MR) is 60.8 cm³/mol. The Labute approximate surface area is 83.8 Å². The molecule has 0 saturated heterocycles. The molecule has 0 N–H and O–H groups in total. The summed E-state index contributed by atoms with van der Waals surface area (Å²) in [7, 11) is 0. The molecule has 0 heterocycles. The number of nitrogens with zero attached hydrogens (tertiary/aromatic N) is 1. The van der Waals surface area contributed by atoms with Crippen molar-refractivity contribution in [1.29, 1.82) is 0 Å². The second-order valence-electron chi connectivity index (χ2n) is 4.09. The first kappa shape index (κ1) is 12.5. The summed E-state index contributed by atoms with van der Waals surface area (Å²) in [6.07, 6.45) is 3.76. The fraction of sp³-hybridized carbons (Fsp3) is 0.833. The van der Waals surface area contributed by atoms with Gasteiger partial charge in [-0.1, -0.05) is 26.8 Å². The van der Waals surface area contributed by atoms with Crippen LogP contribution in [-0.4, -0.2) is 17.0 Å². The molecule has 0 fully saturated rings. The molecule has 0 amide bonds. The van der Waals surface area contributed by atoms with E-state index in [0.717, 1.165) is 0 Å². The second-order valence-corrected chi connectivity index (χ2v) is 4.09. The van der Waals surface area contributed by atoms with Gasteiger partial charge >= 0.3 is 0 Å². The summed E-state index contributed by atoms with van der Waals surface area (Å²) in [6, 6.07) is 1.26. The van der Waals surface area contributed by atoms with Gasteiger partial charge in [0, 0.05) is 17.8 Å². The third-order valence-electron chi connectivity index (χ3n) is 2.48. The van der Waals surface area contributed by atoms with Gasteiger partial charge in [0.1, 0.15) is 0 Å². The average molecular weight is 183 g/mol. The van der Waals surface area contributed by atoms with Crippen LogP contribution in [0.25, 0.3) is 0 Å². The Kier molecular flexibility index (Phi) is 5.85. The molecule has 1 unspecified atom stereocenters. The minimum Gasteiger partial charge on any atom is -0.370 e. The van der Waals surface area contributed by atoms with Crippen LogP contribution < -0.4 is 0 Å². The molecule has 0 aromatic carbocycles. The van der Waals surface area contributed by atoms with Crippen molar-refractivity contribution in [3.05, 3.63) is 12.3 Å². The van der Waals surface area contributed by atoms with Gasteiger partial charge in [-0.2, -0.15) is 0 Å². The molecule has 0 aliphatic heterocycles.